The van der Waals surface area contributed by atoms with Crippen LogP contribution in [0.25, 0.3) is 11.0 Å². The molecule has 1 aliphatic heterocycles. The van der Waals surface area contributed by atoms with Crippen LogP contribution in [-0.4, -0.2) is 36.1 Å². The maximum absolute atomic E-state index is 13.1. The molecule has 2 aliphatic rings. The van der Waals surface area contributed by atoms with Gasteiger partial charge in [-0.15, -0.1) is 0 Å². The number of nitrogens with one attached hydrogen (secondary N) is 2. The lowest BCUT2D eigenvalue weighted by Crippen LogP contribution is -3.09. The number of imide groups is 1. The minimum Gasteiger partial charge on any atom is -0.461 e. The molecular formula is C22H30N3O3+. The maximum Gasteiger partial charge on any atom is 0.329 e. The molecule has 2 N–H and O–H groups in total. The highest BCUT2D eigenvalue weighted by Gasteiger charge is 2.51. The van der Waals surface area contributed by atoms with E-state index in [1.807, 2.05) is 25.2 Å². The molecule has 1 unspecified atom stereocenters. The first-order valence-electron chi connectivity index (χ1n) is 10.5. The highest BCUT2D eigenvalue weighted by molar-refractivity contribution is 6.06. The minimum absolute atomic E-state index is 0.0356. The van der Waals surface area contributed by atoms with Crippen molar-refractivity contribution in [3.63, 3.8) is 0 Å². The van der Waals surface area contributed by atoms with Crippen molar-refractivity contribution < 1.29 is 18.9 Å². The number of rotatable bonds is 5. The number of para-hydroxylation sites is 1. The standard InChI is InChI=1S/C22H29N3O3/c1-3-18-17(16-10-6-7-11-19(16)28-18)14-24(2)15-25-20(26)22(23-21(25)27)12-8-4-5-9-13-22/h6-7,10-11H,3-5,8-9,12-15H2,1-2H3,(H,23,27)/p+1. The van der Waals surface area contributed by atoms with Crippen molar-refractivity contribution in [3.05, 3.63) is 35.6 Å². The Labute approximate surface area is 165 Å². The monoisotopic (exact) mass is 384 g/mol. The van der Waals surface area contributed by atoms with Gasteiger partial charge in [0.25, 0.3) is 5.91 Å². The Morgan fingerprint density at radius 3 is 2.57 bits per heavy atom. The fraction of sp³-hybridized carbons (Fsp3) is 0.545. The second-order valence-corrected chi connectivity index (χ2v) is 8.31. The van der Waals surface area contributed by atoms with Crippen LogP contribution in [0.5, 0.6) is 0 Å². The molecule has 1 saturated carbocycles. The average molecular weight is 385 g/mol. The molecule has 1 spiro atoms. The Hall–Kier alpha value is -2.34. The smallest absolute Gasteiger partial charge is 0.329 e. The largest absolute Gasteiger partial charge is 0.461 e. The highest BCUT2D eigenvalue weighted by Crippen LogP contribution is 2.32. The van der Waals surface area contributed by atoms with Gasteiger partial charge < -0.3 is 14.6 Å². The number of urea groups is 1. The fourth-order valence-corrected chi connectivity index (χ4v) is 4.75. The molecule has 0 radical (unpaired) electrons. The number of aryl methyl sites for hydroxylation is 1. The van der Waals surface area contributed by atoms with Gasteiger partial charge in [0.05, 0.1) is 12.6 Å². The molecule has 1 aromatic carbocycles. The van der Waals surface area contributed by atoms with Gasteiger partial charge >= 0.3 is 6.03 Å². The van der Waals surface area contributed by atoms with Crippen molar-refractivity contribution in [2.24, 2.45) is 0 Å². The van der Waals surface area contributed by atoms with Crippen molar-refractivity contribution in [1.82, 2.24) is 10.2 Å². The van der Waals surface area contributed by atoms with Crippen LogP contribution in [0.15, 0.2) is 28.7 Å². The summed E-state index contributed by atoms with van der Waals surface area (Å²) >= 11 is 0. The van der Waals surface area contributed by atoms with Gasteiger partial charge in [0.2, 0.25) is 0 Å². The normalized spacial score (nSPS) is 20.6. The van der Waals surface area contributed by atoms with E-state index >= 15 is 0 Å². The number of hydrogen-bond donors (Lipinski definition) is 2. The summed E-state index contributed by atoms with van der Waals surface area (Å²) in [5.74, 6) is 0.949. The van der Waals surface area contributed by atoms with Gasteiger partial charge in [0.1, 0.15) is 23.4 Å². The predicted octanol–water partition coefficient (Wildman–Crippen LogP) is 2.61. The Bertz CT molecular complexity index is 880. The summed E-state index contributed by atoms with van der Waals surface area (Å²) in [6.45, 7) is 3.17. The fourth-order valence-electron chi connectivity index (χ4n) is 4.75. The van der Waals surface area contributed by atoms with Gasteiger partial charge in [0, 0.05) is 11.8 Å². The Morgan fingerprint density at radius 1 is 1.14 bits per heavy atom. The van der Waals surface area contributed by atoms with E-state index < -0.39 is 5.54 Å². The molecule has 1 aliphatic carbocycles. The van der Waals surface area contributed by atoms with E-state index in [1.165, 1.54) is 10.5 Å². The zero-order chi connectivity index (χ0) is 19.7. The Balaban J connectivity index is 1.50. The first-order valence-corrected chi connectivity index (χ1v) is 10.5. The minimum atomic E-state index is -0.662. The Morgan fingerprint density at radius 2 is 1.86 bits per heavy atom. The van der Waals surface area contributed by atoms with Crippen LogP contribution in [0, 0.1) is 0 Å². The molecule has 4 rings (SSSR count). The first-order chi connectivity index (χ1) is 13.5. The molecule has 3 amide bonds. The van der Waals surface area contributed by atoms with E-state index in [0.29, 0.717) is 13.2 Å². The molecule has 6 heteroatoms. The third-order valence-corrected chi connectivity index (χ3v) is 6.21. The second kappa shape index (κ2) is 7.59. The number of carbonyl (C=O) groups is 2. The molecule has 6 nitrogen and oxygen atoms in total. The second-order valence-electron chi connectivity index (χ2n) is 8.31. The number of fused-ring (bicyclic) bond motifs is 1. The zero-order valence-corrected chi connectivity index (χ0v) is 16.8. The summed E-state index contributed by atoms with van der Waals surface area (Å²) in [7, 11) is 2.03. The number of carbonyl (C=O) groups excluding carboxylic acids is 2. The predicted molar refractivity (Wildman–Crippen MR) is 107 cm³/mol. The lowest BCUT2D eigenvalue weighted by molar-refractivity contribution is -0.901. The van der Waals surface area contributed by atoms with Gasteiger partial charge in [-0.1, -0.05) is 50.8 Å². The molecular weight excluding hydrogens is 354 g/mol. The summed E-state index contributed by atoms with van der Waals surface area (Å²) < 4.78 is 5.99. The van der Waals surface area contributed by atoms with E-state index in [1.54, 1.807) is 0 Å². The number of benzene rings is 1. The molecule has 2 heterocycles. The average Bonchev–Trinajstić information content (AvgIpc) is 3.01. The molecule has 150 valence electrons. The van der Waals surface area contributed by atoms with Crippen LogP contribution in [0.4, 0.5) is 4.79 Å². The summed E-state index contributed by atoms with van der Waals surface area (Å²) in [6.07, 6.45) is 6.64. The van der Waals surface area contributed by atoms with E-state index in [2.05, 4.69) is 18.3 Å². The van der Waals surface area contributed by atoms with Crippen LogP contribution in [-0.2, 0) is 17.8 Å². The number of nitrogens with zero attached hydrogens (tertiary/aromatic N) is 1. The maximum atomic E-state index is 13.1. The number of hydrogen-bond acceptors (Lipinski definition) is 3. The van der Waals surface area contributed by atoms with E-state index in [0.717, 1.165) is 66.6 Å². The van der Waals surface area contributed by atoms with E-state index in [4.69, 9.17) is 4.42 Å². The van der Waals surface area contributed by atoms with Gasteiger partial charge in [-0.25, -0.2) is 9.69 Å². The molecule has 28 heavy (non-hydrogen) atoms. The molecule has 2 aromatic rings. The quantitative estimate of drug-likeness (QED) is 0.779. The lowest BCUT2D eigenvalue weighted by Gasteiger charge is -2.25. The third kappa shape index (κ3) is 3.30. The van der Waals surface area contributed by atoms with Crippen molar-refractivity contribution in [1.29, 1.82) is 0 Å². The van der Waals surface area contributed by atoms with Gasteiger partial charge in [-0.2, -0.15) is 0 Å². The van der Waals surface area contributed by atoms with E-state index in [9.17, 15) is 9.59 Å². The van der Waals surface area contributed by atoms with E-state index in [-0.39, 0.29) is 11.9 Å². The number of quaternary nitrogens is 1. The van der Waals surface area contributed by atoms with Crippen LogP contribution >= 0.6 is 0 Å². The molecule has 1 aromatic heterocycles. The summed E-state index contributed by atoms with van der Waals surface area (Å²) in [6, 6.07) is 7.82. The summed E-state index contributed by atoms with van der Waals surface area (Å²) in [5.41, 5.74) is 1.41. The van der Waals surface area contributed by atoms with Crippen LogP contribution < -0.4 is 10.2 Å². The Kier molecular flexibility index (Phi) is 5.15. The zero-order valence-electron chi connectivity index (χ0n) is 16.8. The molecule has 2 fully saturated rings. The highest BCUT2D eigenvalue weighted by atomic mass is 16.3. The first kappa shape index (κ1) is 19.0. The van der Waals surface area contributed by atoms with Crippen molar-refractivity contribution >= 4 is 22.9 Å². The topological polar surface area (TPSA) is 67.0 Å². The molecule has 0 bridgehead atoms. The summed E-state index contributed by atoms with van der Waals surface area (Å²) in [4.78, 5) is 28.3. The van der Waals surface area contributed by atoms with Gasteiger partial charge in [-0.3, -0.25) is 4.79 Å². The molecule has 1 atom stereocenters. The van der Waals surface area contributed by atoms with Gasteiger partial charge in [-0.05, 0) is 18.9 Å². The SMILES string of the molecule is CCc1oc2ccccc2c1C[NH+](C)CN1C(=O)NC2(CCCCCC2)C1=O. The van der Waals surface area contributed by atoms with Crippen molar-refractivity contribution in [2.75, 3.05) is 13.7 Å². The van der Waals surface area contributed by atoms with Crippen LogP contribution in [0.2, 0.25) is 0 Å². The van der Waals surface area contributed by atoms with Crippen LogP contribution in [0.3, 0.4) is 0 Å². The van der Waals surface area contributed by atoms with Crippen molar-refractivity contribution in [2.45, 2.75) is 64.0 Å². The number of amides is 3. The van der Waals surface area contributed by atoms with Crippen LogP contribution in [0.1, 0.15) is 56.8 Å². The lowest BCUT2D eigenvalue weighted by atomic mass is 9.90. The van der Waals surface area contributed by atoms with Gasteiger partial charge in [0.15, 0.2) is 6.67 Å². The number of furan rings is 1. The molecule has 1 saturated heterocycles. The third-order valence-electron chi connectivity index (χ3n) is 6.21. The summed E-state index contributed by atoms with van der Waals surface area (Å²) in [5, 5.41) is 4.15. The van der Waals surface area contributed by atoms with Crippen molar-refractivity contribution in [3.8, 4) is 0 Å².